The number of morpholine rings is 1. The molecule has 0 atom stereocenters. The number of ether oxygens (including phenoxy) is 1. The van der Waals surface area contributed by atoms with Gasteiger partial charge in [-0.15, -0.1) is 0 Å². The Morgan fingerprint density at radius 2 is 1.82 bits per heavy atom. The summed E-state index contributed by atoms with van der Waals surface area (Å²) in [4.78, 5) is 15.7. The highest BCUT2D eigenvalue weighted by molar-refractivity contribution is 5.75. The Bertz CT molecular complexity index is 921. The summed E-state index contributed by atoms with van der Waals surface area (Å²) in [6, 6.07) is 7.94. The molecule has 8 heteroatoms. The molecular formula is C20H23FN6O. The zero-order valence-electron chi connectivity index (χ0n) is 15.6. The van der Waals surface area contributed by atoms with Crippen LogP contribution in [-0.4, -0.2) is 57.3 Å². The lowest BCUT2D eigenvalue weighted by atomic mass is 10.1. The van der Waals surface area contributed by atoms with Crippen LogP contribution in [0.3, 0.4) is 0 Å². The van der Waals surface area contributed by atoms with Crippen LogP contribution in [0.15, 0.2) is 42.9 Å². The molecule has 1 aliphatic heterocycles. The second-order valence-electron chi connectivity index (χ2n) is 6.75. The normalized spacial score (nSPS) is 15.0. The van der Waals surface area contributed by atoms with Crippen LogP contribution in [0.1, 0.15) is 6.42 Å². The monoisotopic (exact) mass is 382 g/mol. The first-order valence-corrected chi connectivity index (χ1v) is 9.41. The summed E-state index contributed by atoms with van der Waals surface area (Å²) < 4.78 is 20.8. The van der Waals surface area contributed by atoms with Gasteiger partial charge in [-0.25, -0.2) is 19.3 Å². The summed E-state index contributed by atoms with van der Waals surface area (Å²) >= 11 is 0. The smallest absolute Gasteiger partial charge is 0.180 e. The lowest BCUT2D eigenvalue weighted by Gasteiger charge is -2.26. The SMILES string of the molecule is Nc1ccnc(-c2c(-c3ccc(F)cc3)ncn2CCCN2CCOCC2)n1. The highest BCUT2D eigenvalue weighted by Gasteiger charge is 2.18. The Morgan fingerprint density at radius 1 is 1.04 bits per heavy atom. The lowest BCUT2D eigenvalue weighted by Crippen LogP contribution is -2.37. The summed E-state index contributed by atoms with van der Waals surface area (Å²) in [5.41, 5.74) is 8.20. The third kappa shape index (κ3) is 4.18. The van der Waals surface area contributed by atoms with E-state index in [1.807, 2.05) is 4.57 Å². The van der Waals surface area contributed by atoms with Crippen LogP contribution in [0, 0.1) is 5.82 Å². The maximum atomic E-state index is 13.3. The summed E-state index contributed by atoms with van der Waals surface area (Å²) in [7, 11) is 0. The molecule has 1 aromatic carbocycles. The number of rotatable bonds is 6. The van der Waals surface area contributed by atoms with E-state index in [1.54, 1.807) is 30.7 Å². The number of halogens is 1. The number of nitrogens with zero attached hydrogens (tertiary/aromatic N) is 5. The second kappa shape index (κ2) is 8.45. The van der Waals surface area contributed by atoms with E-state index in [-0.39, 0.29) is 5.82 Å². The number of nitrogen functional groups attached to an aromatic ring is 1. The topological polar surface area (TPSA) is 82.1 Å². The van der Waals surface area contributed by atoms with Crippen molar-refractivity contribution in [2.45, 2.75) is 13.0 Å². The zero-order chi connectivity index (χ0) is 19.3. The molecule has 1 saturated heterocycles. The van der Waals surface area contributed by atoms with Crippen molar-refractivity contribution in [2.75, 3.05) is 38.6 Å². The first-order chi connectivity index (χ1) is 13.7. The molecule has 4 rings (SSSR count). The second-order valence-corrected chi connectivity index (χ2v) is 6.75. The molecule has 7 nitrogen and oxygen atoms in total. The molecule has 0 radical (unpaired) electrons. The van der Waals surface area contributed by atoms with E-state index in [0.29, 0.717) is 11.6 Å². The van der Waals surface area contributed by atoms with Gasteiger partial charge in [0.05, 0.1) is 25.2 Å². The summed E-state index contributed by atoms with van der Waals surface area (Å²) in [6.45, 7) is 5.29. The maximum Gasteiger partial charge on any atom is 0.180 e. The molecule has 146 valence electrons. The zero-order valence-corrected chi connectivity index (χ0v) is 15.6. The minimum Gasteiger partial charge on any atom is -0.384 e. The Kier molecular flexibility index (Phi) is 5.59. The molecule has 0 bridgehead atoms. The minimum absolute atomic E-state index is 0.282. The molecule has 2 aromatic heterocycles. The average molecular weight is 382 g/mol. The van der Waals surface area contributed by atoms with Gasteiger partial charge in [-0.05, 0) is 36.8 Å². The first-order valence-electron chi connectivity index (χ1n) is 9.41. The number of aromatic nitrogens is 4. The fourth-order valence-corrected chi connectivity index (χ4v) is 3.38. The van der Waals surface area contributed by atoms with E-state index in [4.69, 9.17) is 10.5 Å². The van der Waals surface area contributed by atoms with Crippen molar-refractivity contribution in [2.24, 2.45) is 0 Å². The van der Waals surface area contributed by atoms with Crippen molar-refractivity contribution >= 4 is 5.82 Å². The molecule has 0 amide bonds. The molecule has 0 saturated carbocycles. The largest absolute Gasteiger partial charge is 0.384 e. The number of hydrogen-bond acceptors (Lipinski definition) is 6. The Morgan fingerprint density at radius 3 is 2.57 bits per heavy atom. The van der Waals surface area contributed by atoms with Gasteiger partial charge in [0.15, 0.2) is 5.82 Å². The lowest BCUT2D eigenvalue weighted by molar-refractivity contribution is 0.0369. The van der Waals surface area contributed by atoms with Crippen LogP contribution in [0.5, 0.6) is 0 Å². The van der Waals surface area contributed by atoms with Crippen LogP contribution in [-0.2, 0) is 11.3 Å². The van der Waals surface area contributed by atoms with Gasteiger partial charge in [-0.3, -0.25) is 4.90 Å². The van der Waals surface area contributed by atoms with Gasteiger partial charge in [0.25, 0.3) is 0 Å². The van der Waals surface area contributed by atoms with Crippen molar-refractivity contribution < 1.29 is 9.13 Å². The molecule has 0 unspecified atom stereocenters. The molecular weight excluding hydrogens is 359 g/mol. The van der Waals surface area contributed by atoms with Gasteiger partial charge in [0, 0.05) is 37.9 Å². The molecule has 1 aliphatic rings. The highest BCUT2D eigenvalue weighted by atomic mass is 19.1. The molecule has 1 fully saturated rings. The van der Waals surface area contributed by atoms with Crippen molar-refractivity contribution in [3.8, 4) is 22.8 Å². The van der Waals surface area contributed by atoms with Gasteiger partial charge in [-0.1, -0.05) is 0 Å². The van der Waals surface area contributed by atoms with Gasteiger partial charge in [0.2, 0.25) is 0 Å². The molecule has 2 N–H and O–H groups in total. The standard InChI is InChI=1S/C20H23FN6O/c21-16-4-2-15(3-5-16)18-19(20-23-7-6-17(22)25-20)27(14-24-18)9-1-8-26-10-12-28-13-11-26/h2-7,14H,1,8-13H2,(H2,22,23,25). The van der Waals surface area contributed by atoms with Crippen LogP contribution in [0.25, 0.3) is 22.8 Å². The van der Waals surface area contributed by atoms with E-state index < -0.39 is 0 Å². The molecule has 0 spiro atoms. The number of benzene rings is 1. The highest BCUT2D eigenvalue weighted by Crippen LogP contribution is 2.29. The van der Waals surface area contributed by atoms with Gasteiger partial charge in [0.1, 0.15) is 17.3 Å². The van der Waals surface area contributed by atoms with Crippen molar-refractivity contribution in [1.82, 2.24) is 24.4 Å². The van der Waals surface area contributed by atoms with E-state index in [9.17, 15) is 4.39 Å². The van der Waals surface area contributed by atoms with E-state index in [0.717, 1.165) is 62.8 Å². The quantitative estimate of drug-likeness (QED) is 0.705. The van der Waals surface area contributed by atoms with Gasteiger partial charge in [-0.2, -0.15) is 0 Å². The molecule has 3 aromatic rings. The van der Waals surface area contributed by atoms with Crippen LogP contribution in [0.2, 0.25) is 0 Å². The number of nitrogens with two attached hydrogens (primary N) is 1. The predicted molar refractivity (Wildman–Crippen MR) is 105 cm³/mol. The van der Waals surface area contributed by atoms with Crippen molar-refractivity contribution in [3.63, 3.8) is 0 Å². The number of anilines is 1. The van der Waals surface area contributed by atoms with Gasteiger partial charge < -0.3 is 15.0 Å². The van der Waals surface area contributed by atoms with Crippen LogP contribution in [0.4, 0.5) is 10.2 Å². The maximum absolute atomic E-state index is 13.3. The van der Waals surface area contributed by atoms with Gasteiger partial charge >= 0.3 is 0 Å². The van der Waals surface area contributed by atoms with Crippen LogP contribution >= 0.6 is 0 Å². The Balaban J connectivity index is 1.61. The minimum atomic E-state index is -0.282. The third-order valence-corrected chi connectivity index (χ3v) is 4.82. The van der Waals surface area contributed by atoms with E-state index >= 15 is 0 Å². The number of aryl methyl sites for hydroxylation is 1. The average Bonchev–Trinajstić information content (AvgIpc) is 3.13. The van der Waals surface area contributed by atoms with E-state index in [2.05, 4.69) is 19.9 Å². The first kappa shape index (κ1) is 18.5. The summed E-state index contributed by atoms with van der Waals surface area (Å²) in [5, 5.41) is 0. The predicted octanol–water partition coefficient (Wildman–Crippen LogP) is 2.45. The molecule has 28 heavy (non-hydrogen) atoms. The number of imidazole rings is 1. The van der Waals surface area contributed by atoms with E-state index in [1.165, 1.54) is 12.1 Å². The molecule has 3 heterocycles. The fourth-order valence-electron chi connectivity index (χ4n) is 3.38. The van der Waals surface area contributed by atoms with Crippen molar-refractivity contribution in [1.29, 1.82) is 0 Å². The summed E-state index contributed by atoms with van der Waals surface area (Å²) in [6.07, 6.45) is 4.39. The summed E-state index contributed by atoms with van der Waals surface area (Å²) in [5.74, 6) is 0.634. The van der Waals surface area contributed by atoms with Crippen LogP contribution < -0.4 is 5.73 Å². The Hall–Kier alpha value is -2.84. The van der Waals surface area contributed by atoms with Crippen molar-refractivity contribution in [3.05, 3.63) is 48.7 Å². The Labute approximate surface area is 163 Å². The molecule has 0 aliphatic carbocycles. The number of hydrogen-bond donors (Lipinski definition) is 1. The fraction of sp³-hybridized carbons (Fsp3) is 0.350. The third-order valence-electron chi connectivity index (χ3n) is 4.82.